The first-order valence-electron chi connectivity index (χ1n) is 10.2. The van der Waals surface area contributed by atoms with Gasteiger partial charge in [0.25, 0.3) is 5.91 Å². The lowest BCUT2D eigenvalue weighted by Crippen LogP contribution is -2.35. The van der Waals surface area contributed by atoms with E-state index in [-0.39, 0.29) is 18.2 Å². The fraction of sp³-hybridized carbons (Fsp3) is 0.200. The van der Waals surface area contributed by atoms with Crippen LogP contribution < -0.4 is 20.3 Å². The number of imide groups is 1. The van der Waals surface area contributed by atoms with Gasteiger partial charge in [-0.2, -0.15) is 0 Å². The van der Waals surface area contributed by atoms with Crippen molar-refractivity contribution in [3.8, 4) is 5.75 Å². The van der Waals surface area contributed by atoms with Crippen LogP contribution in [-0.2, 0) is 9.59 Å². The highest BCUT2D eigenvalue weighted by molar-refractivity contribution is 6.23. The lowest BCUT2D eigenvalue weighted by molar-refractivity contribution is -0.121. The Morgan fingerprint density at radius 2 is 1.65 bits per heavy atom. The summed E-state index contributed by atoms with van der Waals surface area (Å²) in [5.41, 5.74) is 5.19. The second kappa shape index (κ2) is 8.52. The summed E-state index contributed by atoms with van der Waals surface area (Å²) in [6, 6.07) is 20.4. The van der Waals surface area contributed by atoms with Gasteiger partial charge in [0.05, 0.1) is 24.9 Å². The smallest absolute Gasteiger partial charge is 0.256 e. The average Bonchev–Trinajstić information content (AvgIpc) is 3.03. The largest absolute Gasteiger partial charge is 0.495 e. The van der Waals surface area contributed by atoms with Crippen LogP contribution in [0.2, 0.25) is 0 Å². The molecular formula is C25H25N3O3. The van der Waals surface area contributed by atoms with E-state index in [0.29, 0.717) is 5.69 Å². The molecule has 1 heterocycles. The van der Waals surface area contributed by atoms with Gasteiger partial charge in [0, 0.05) is 11.4 Å². The van der Waals surface area contributed by atoms with Gasteiger partial charge in [-0.25, -0.2) is 4.90 Å². The Balaban J connectivity index is 1.46. The second-order valence-electron chi connectivity index (χ2n) is 7.66. The number of nitrogens with zero attached hydrogens (tertiary/aromatic N) is 1. The molecule has 1 saturated heterocycles. The van der Waals surface area contributed by atoms with Crippen LogP contribution >= 0.6 is 0 Å². The number of nitrogens with one attached hydrogen (secondary N) is 2. The molecule has 3 aromatic carbocycles. The maximum absolute atomic E-state index is 13.0. The van der Waals surface area contributed by atoms with Crippen LogP contribution in [0.25, 0.3) is 0 Å². The number of rotatable bonds is 6. The summed E-state index contributed by atoms with van der Waals surface area (Å²) in [6.07, 6.45) is 0.132. The molecule has 0 spiro atoms. The van der Waals surface area contributed by atoms with Gasteiger partial charge in [-0.1, -0.05) is 29.8 Å². The zero-order chi connectivity index (χ0) is 22.0. The van der Waals surface area contributed by atoms with Gasteiger partial charge < -0.3 is 15.4 Å². The van der Waals surface area contributed by atoms with Crippen LogP contribution in [0.5, 0.6) is 5.75 Å². The predicted molar refractivity (Wildman–Crippen MR) is 123 cm³/mol. The van der Waals surface area contributed by atoms with E-state index in [9.17, 15) is 9.59 Å². The molecule has 2 amide bonds. The van der Waals surface area contributed by atoms with Crippen LogP contribution in [0.1, 0.15) is 17.5 Å². The minimum Gasteiger partial charge on any atom is -0.495 e. The van der Waals surface area contributed by atoms with Crippen molar-refractivity contribution >= 4 is 34.6 Å². The topological polar surface area (TPSA) is 70.7 Å². The number of ether oxygens (including phenoxy) is 1. The molecule has 4 rings (SSSR count). The number of para-hydroxylation sites is 2. The molecule has 0 aliphatic carbocycles. The summed E-state index contributed by atoms with van der Waals surface area (Å²) in [6.45, 7) is 3.90. The molecule has 6 nitrogen and oxygen atoms in total. The van der Waals surface area contributed by atoms with Crippen LogP contribution in [0, 0.1) is 13.8 Å². The summed E-state index contributed by atoms with van der Waals surface area (Å²) >= 11 is 0. The third kappa shape index (κ3) is 4.23. The minimum absolute atomic E-state index is 0.132. The monoisotopic (exact) mass is 415 g/mol. The molecule has 6 heteroatoms. The van der Waals surface area contributed by atoms with Crippen molar-refractivity contribution in [1.29, 1.82) is 0 Å². The quantitative estimate of drug-likeness (QED) is 0.566. The second-order valence-corrected chi connectivity index (χ2v) is 7.66. The SMILES string of the molecule is COc1ccccc1Nc1ccc(NC2CC(=O)N(c3ccc(C)cc3C)C2=O)cc1. The summed E-state index contributed by atoms with van der Waals surface area (Å²) in [4.78, 5) is 26.8. The Morgan fingerprint density at radius 1 is 0.935 bits per heavy atom. The maximum atomic E-state index is 13.0. The molecule has 1 atom stereocenters. The first-order valence-corrected chi connectivity index (χ1v) is 10.2. The molecule has 1 aliphatic heterocycles. The average molecular weight is 415 g/mol. The Morgan fingerprint density at radius 3 is 2.35 bits per heavy atom. The van der Waals surface area contributed by atoms with E-state index in [1.54, 1.807) is 7.11 Å². The standard InChI is InChI=1S/C25H25N3O3/c1-16-8-13-22(17(2)14-16)28-24(29)15-21(25(28)30)27-19-11-9-18(10-12-19)26-20-6-4-5-7-23(20)31-3/h4-14,21,26-27H,15H2,1-3H3. The fourth-order valence-corrected chi connectivity index (χ4v) is 3.81. The third-order valence-corrected chi connectivity index (χ3v) is 5.35. The van der Waals surface area contributed by atoms with Crippen molar-refractivity contribution in [2.24, 2.45) is 0 Å². The first-order chi connectivity index (χ1) is 15.0. The summed E-state index contributed by atoms with van der Waals surface area (Å²) in [5.74, 6) is 0.336. The fourth-order valence-electron chi connectivity index (χ4n) is 3.81. The van der Waals surface area contributed by atoms with Gasteiger partial charge in [-0.05, 0) is 61.9 Å². The van der Waals surface area contributed by atoms with E-state index < -0.39 is 6.04 Å². The summed E-state index contributed by atoms with van der Waals surface area (Å²) in [7, 11) is 1.63. The first kappa shape index (κ1) is 20.5. The summed E-state index contributed by atoms with van der Waals surface area (Å²) in [5, 5.41) is 6.52. The molecule has 0 radical (unpaired) electrons. The Labute approximate surface area is 181 Å². The number of benzene rings is 3. The lowest BCUT2D eigenvalue weighted by atomic mass is 10.1. The normalized spacial score (nSPS) is 15.8. The number of amides is 2. The van der Waals surface area contributed by atoms with Crippen molar-refractivity contribution in [2.45, 2.75) is 26.3 Å². The molecule has 1 unspecified atom stereocenters. The van der Waals surface area contributed by atoms with Crippen molar-refractivity contribution in [2.75, 3.05) is 22.6 Å². The highest BCUT2D eigenvalue weighted by Gasteiger charge is 2.40. The van der Waals surface area contributed by atoms with E-state index in [0.717, 1.165) is 33.9 Å². The van der Waals surface area contributed by atoms with E-state index in [1.165, 1.54) is 4.90 Å². The van der Waals surface area contributed by atoms with Gasteiger partial charge in [-0.15, -0.1) is 0 Å². The molecule has 1 fully saturated rings. The molecule has 1 aliphatic rings. The van der Waals surface area contributed by atoms with Gasteiger partial charge in [0.1, 0.15) is 11.8 Å². The van der Waals surface area contributed by atoms with Crippen LogP contribution in [-0.4, -0.2) is 25.0 Å². The van der Waals surface area contributed by atoms with Crippen molar-refractivity contribution in [3.05, 3.63) is 77.9 Å². The number of hydrogen-bond donors (Lipinski definition) is 2. The van der Waals surface area contributed by atoms with Gasteiger partial charge in [0.15, 0.2) is 0 Å². The van der Waals surface area contributed by atoms with Crippen molar-refractivity contribution in [3.63, 3.8) is 0 Å². The zero-order valence-corrected chi connectivity index (χ0v) is 17.8. The van der Waals surface area contributed by atoms with Gasteiger partial charge in [0.2, 0.25) is 5.91 Å². The number of methoxy groups -OCH3 is 1. The Kier molecular flexibility index (Phi) is 5.62. The Hall–Kier alpha value is -3.80. The predicted octanol–water partition coefficient (Wildman–Crippen LogP) is 4.80. The van der Waals surface area contributed by atoms with Crippen LogP contribution in [0.4, 0.5) is 22.7 Å². The lowest BCUT2D eigenvalue weighted by Gasteiger charge is -2.18. The van der Waals surface area contributed by atoms with E-state index in [2.05, 4.69) is 10.6 Å². The molecule has 3 aromatic rings. The number of carbonyl (C=O) groups excluding carboxylic acids is 2. The molecule has 0 bridgehead atoms. The zero-order valence-electron chi connectivity index (χ0n) is 17.8. The van der Waals surface area contributed by atoms with Crippen molar-refractivity contribution in [1.82, 2.24) is 0 Å². The Bertz CT molecular complexity index is 1130. The number of aryl methyl sites for hydroxylation is 2. The minimum atomic E-state index is -0.582. The molecule has 2 N–H and O–H groups in total. The molecular weight excluding hydrogens is 390 g/mol. The maximum Gasteiger partial charge on any atom is 0.256 e. The van der Waals surface area contributed by atoms with Gasteiger partial charge >= 0.3 is 0 Å². The van der Waals surface area contributed by atoms with Crippen LogP contribution in [0.3, 0.4) is 0 Å². The number of hydrogen-bond acceptors (Lipinski definition) is 5. The number of carbonyl (C=O) groups is 2. The number of anilines is 4. The van der Waals surface area contributed by atoms with E-state index >= 15 is 0 Å². The highest BCUT2D eigenvalue weighted by Crippen LogP contribution is 2.30. The van der Waals surface area contributed by atoms with Crippen molar-refractivity contribution < 1.29 is 14.3 Å². The molecule has 0 saturated carbocycles. The molecule has 31 heavy (non-hydrogen) atoms. The third-order valence-electron chi connectivity index (χ3n) is 5.35. The molecule has 158 valence electrons. The summed E-state index contributed by atoms with van der Waals surface area (Å²) < 4.78 is 5.36. The molecule has 0 aromatic heterocycles. The van der Waals surface area contributed by atoms with Gasteiger partial charge in [-0.3, -0.25) is 9.59 Å². The van der Waals surface area contributed by atoms with E-state index in [4.69, 9.17) is 4.74 Å². The van der Waals surface area contributed by atoms with Crippen LogP contribution in [0.15, 0.2) is 66.7 Å². The highest BCUT2D eigenvalue weighted by atomic mass is 16.5. The van der Waals surface area contributed by atoms with E-state index in [1.807, 2.05) is 80.6 Å².